The molecular formula is C23H20O4. The molecule has 0 amide bonds. The van der Waals surface area contributed by atoms with Gasteiger partial charge < -0.3 is 14.6 Å². The first-order valence-electron chi connectivity index (χ1n) is 8.52. The quantitative estimate of drug-likeness (QED) is 0.500. The van der Waals surface area contributed by atoms with Crippen LogP contribution in [0.2, 0.25) is 0 Å². The van der Waals surface area contributed by atoms with Gasteiger partial charge in [0.25, 0.3) is 0 Å². The molecule has 0 atom stereocenters. The van der Waals surface area contributed by atoms with E-state index >= 15 is 0 Å². The number of benzene rings is 3. The topological polar surface area (TPSA) is 55.8 Å². The smallest absolute Gasteiger partial charge is 0.337 e. The molecule has 3 rings (SSSR count). The zero-order valence-electron chi connectivity index (χ0n) is 15.0. The second-order valence-corrected chi connectivity index (χ2v) is 5.91. The monoisotopic (exact) mass is 360 g/mol. The van der Waals surface area contributed by atoms with Crippen LogP contribution in [-0.2, 0) is 11.3 Å². The van der Waals surface area contributed by atoms with Gasteiger partial charge in [-0.3, -0.25) is 0 Å². The molecule has 1 N–H and O–H groups in total. The van der Waals surface area contributed by atoms with Crippen LogP contribution in [-0.4, -0.2) is 18.2 Å². The van der Waals surface area contributed by atoms with Crippen molar-refractivity contribution >= 4 is 18.1 Å². The van der Waals surface area contributed by atoms with Gasteiger partial charge in [0, 0.05) is 11.1 Å². The van der Waals surface area contributed by atoms with E-state index in [1.165, 1.54) is 13.2 Å². The second kappa shape index (κ2) is 8.72. The lowest BCUT2D eigenvalue weighted by Crippen LogP contribution is -2.00. The molecular weight excluding hydrogens is 340 g/mol. The first kappa shape index (κ1) is 18.3. The molecule has 0 saturated heterocycles. The highest BCUT2D eigenvalue weighted by molar-refractivity contribution is 5.90. The van der Waals surface area contributed by atoms with Crippen LogP contribution in [0.25, 0.3) is 12.2 Å². The number of esters is 1. The molecule has 0 radical (unpaired) electrons. The third-order valence-electron chi connectivity index (χ3n) is 4.05. The van der Waals surface area contributed by atoms with E-state index in [0.717, 1.165) is 16.9 Å². The van der Waals surface area contributed by atoms with Crippen molar-refractivity contribution < 1.29 is 19.4 Å². The van der Waals surface area contributed by atoms with E-state index in [9.17, 15) is 9.90 Å². The number of phenols is 1. The van der Waals surface area contributed by atoms with Crippen molar-refractivity contribution in [1.82, 2.24) is 0 Å². The average Bonchev–Trinajstić information content (AvgIpc) is 2.72. The molecule has 0 heterocycles. The molecule has 0 aliphatic heterocycles. The lowest BCUT2D eigenvalue weighted by Gasteiger charge is -2.09. The van der Waals surface area contributed by atoms with E-state index < -0.39 is 5.97 Å². The molecule has 4 nitrogen and oxygen atoms in total. The van der Waals surface area contributed by atoms with Crippen LogP contribution in [0, 0.1) is 0 Å². The van der Waals surface area contributed by atoms with E-state index in [1.54, 1.807) is 18.2 Å². The largest absolute Gasteiger partial charge is 0.507 e. The van der Waals surface area contributed by atoms with Gasteiger partial charge in [0.05, 0.1) is 12.7 Å². The second-order valence-electron chi connectivity index (χ2n) is 5.91. The fourth-order valence-corrected chi connectivity index (χ4v) is 2.59. The van der Waals surface area contributed by atoms with Crippen molar-refractivity contribution in [3.8, 4) is 11.5 Å². The molecule has 136 valence electrons. The van der Waals surface area contributed by atoms with Crippen LogP contribution in [0.15, 0.2) is 72.8 Å². The van der Waals surface area contributed by atoms with Crippen LogP contribution < -0.4 is 4.74 Å². The third-order valence-corrected chi connectivity index (χ3v) is 4.05. The maximum atomic E-state index is 11.5. The summed E-state index contributed by atoms with van der Waals surface area (Å²) in [6, 6.07) is 22.3. The third kappa shape index (κ3) is 4.76. The number of carbonyl (C=O) groups is 1. The molecule has 4 heteroatoms. The number of ether oxygens (including phenoxy) is 2. The maximum Gasteiger partial charge on any atom is 0.337 e. The Balaban J connectivity index is 1.76. The number of rotatable bonds is 6. The van der Waals surface area contributed by atoms with Crippen LogP contribution >= 0.6 is 0 Å². The zero-order chi connectivity index (χ0) is 19.1. The van der Waals surface area contributed by atoms with Gasteiger partial charge in [0.1, 0.15) is 18.1 Å². The summed E-state index contributed by atoms with van der Waals surface area (Å²) < 4.78 is 10.6. The van der Waals surface area contributed by atoms with Gasteiger partial charge in [-0.05, 0) is 23.8 Å². The molecule has 0 spiro atoms. The highest BCUT2D eigenvalue weighted by atomic mass is 16.5. The molecule has 0 bridgehead atoms. The summed E-state index contributed by atoms with van der Waals surface area (Å²) in [6.07, 6.45) is 3.65. The Morgan fingerprint density at radius 1 is 0.926 bits per heavy atom. The Hall–Kier alpha value is -3.53. The number of hydrogen-bond acceptors (Lipinski definition) is 4. The molecule has 27 heavy (non-hydrogen) atoms. The standard InChI is InChI=1S/C23H20O4/c1-26-23(25)20-14-12-18(21(24)15-20)11-13-19-9-5-6-10-22(19)27-16-17-7-3-2-4-8-17/h2-15,24H,16H2,1H3. The molecule has 0 aliphatic carbocycles. The lowest BCUT2D eigenvalue weighted by atomic mass is 10.1. The fourth-order valence-electron chi connectivity index (χ4n) is 2.59. The number of para-hydroxylation sites is 1. The van der Waals surface area contributed by atoms with Crippen molar-refractivity contribution in [2.45, 2.75) is 6.61 Å². The SMILES string of the molecule is COC(=O)c1ccc(C=Cc2ccccc2OCc2ccccc2)c(O)c1. The van der Waals surface area contributed by atoms with Gasteiger partial charge in [0.2, 0.25) is 0 Å². The molecule has 0 saturated carbocycles. The maximum absolute atomic E-state index is 11.5. The average molecular weight is 360 g/mol. The first-order chi connectivity index (χ1) is 13.2. The van der Waals surface area contributed by atoms with E-state index in [-0.39, 0.29) is 5.75 Å². The molecule has 0 unspecified atom stereocenters. The number of methoxy groups -OCH3 is 1. The fraction of sp³-hybridized carbons (Fsp3) is 0.0870. The molecule has 0 aliphatic rings. The van der Waals surface area contributed by atoms with E-state index in [2.05, 4.69) is 4.74 Å². The van der Waals surface area contributed by atoms with Crippen molar-refractivity contribution in [1.29, 1.82) is 0 Å². The normalized spacial score (nSPS) is 10.7. The minimum atomic E-state index is -0.486. The van der Waals surface area contributed by atoms with Gasteiger partial charge in [-0.15, -0.1) is 0 Å². The van der Waals surface area contributed by atoms with Gasteiger partial charge in [-0.2, -0.15) is 0 Å². The molecule has 3 aromatic rings. The lowest BCUT2D eigenvalue weighted by molar-refractivity contribution is 0.0600. The summed E-state index contributed by atoms with van der Waals surface area (Å²) in [4.78, 5) is 11.5. The number of phenolic OH excluding ortho intramolecular Hbond substituents is 1. The predicted octanol–water partition coefficient (Wildman–Crippen LogP) is 4.93. The Morgan fingerprint density at radius 3 is 2.37 bits per heavy atom. The van der Waals surface area contributed by atoms with Gasteiger partial charge in [-0.25, -0.2) is 4.79 Å². The van der Waals surface area contributed by atoms with Crippen LogP contribution in [0.4, 0.5) is 0 Å². The van der Waals surface area contributed by atoms with Crippen molar-refractivity contribution in [2.75, 3.05) is 7.11 Å². The summed E-state index contributed by atoms with van der Waals surface area (Å²) in [5, 5.41) is 10.1. The minimum absolute atomic E-state index is 0.0110. The number of carbonyl (C=O) groups excluding carboxylic acids is 1. The summed E-state index contributed by atoms with van der Waals surface area (Å²) >= 11 is 0. The molecule has 0 aromatic heterocycles. The Morgan fingerprint density at radius 2 is 1.63 bits per heavy atom. The number of aromatic hydroxyl groups is 1. The van der Waals surface area contributed by atoms with Crippen molar-refractivity contribution in [3.05, 3.63) is 95.1 Å². The Bertz CT molecular complexity index is 946. The highest BCUT2D eigenvalue weighted by Crippen LogP contribution is 2.25. The molecule has 3 aromatic carbocycles. The van der Waals surface area contributed by atoms with Crippen molar-refractivity contribution in [3.63, 3.8) is 0 Å². The van der Waals surface area contributed by atoms with Crippen LogP contribution in [0.3, 0.4) is 0 Å². The van der Waals surface area contributed by atoms with Crippen molar-refractivity contribution in [2.24, 2.45) is 0 Å². The van der Waals surface area contributed by atoms with E-state index in [1.807, 2.05) is 60.7 Å². The summed E-state index contributed by atoms with van der Waals surface area (Å²) in [5.74, 6) is 0.278. The summed E-state index contributed by atoms with van der Waals surface area (Å²) in [5.41, 5.74) is 2.89. The zero-order valence-corrected chi connectivity index (χ0v) is 15.0. The van der Waals surface area contributed by atoms with E-state index in [0.29, 0.717) is 17.7 Å². The Labute approximate surface area is 158 Å². The predicted molar refractivity (Wildman–Crippen MR) is 106 cm³/mol. The van der Waals surface area contributed by atoms with Crippen LogP contribution in [0.5, 0.6) is 11.5 Å². The highest BCUT2D eigenvalue weighted by Gasteiger charge is 2.08. The summed E-state index contributed by atoms with van der Waals surface area (Å²) in [6.45, 7) is 0.477. The Kier molecular flexibility index (Phi) is 5.90. The van der Waals surface area contributed by atoms with Gasteiger partial charge >= 0.3 is 5.97 Å². The van der Waals surface area contributed by atoms with Crippen LogP contribution in [0.1, 0.15) is 27.0 Å². The first-order valence-corrected chi connectivity index (χ1v) is 8.52. The summed E-state index contributed by atoms with van der Waals surface area (Å²) in [7, 11) is 1.31. The number of hydrogen-bond donors (Lipinski definition) is 1. The minimum Gasteiger partial charge on any atom is -0.507 e. The molecule has 0 fully saturated rings. The van der Waals surface area contributed by atoms with E-state index in [4.69, 9.17) is 4.74 Å². The van der Waals surface area contributed by atoms with Gasteiger partial charge in [-0.1, -0.05) is 66.7 Å². The van der Waals surface area contributed by atoms with Gasteiger partial charge in [0.15, 0.2) is 0 Å².